The molecule has 0 aliphatic heterocycles. The van der Waals surface area contributed by atoms with Gasteiger partial charge in [0, 0.05) is 12.1 Å². The summed E-state index contributed by atoms with van der Waals surface area (Å²) < 4.78 is 10.1. The van der Waals surface area contributed by atoms with E-state index in [1.165, 1.54) is 25.3 Å². The first-order valence-corrected chi connectivity index (χ1v) is 4.73. The normalized spacial score (nSPS) is 9.62. The van der Waals surface area contributed by atoms with Crippen molar-refractivity contribution in [1.82, 2.24) is 0 Å². The summed E-state index contributed by atoms with van der Waals surface area (Å²) in [5.41, 5.74) is -0.274. The fourth-order valence-electron chi connectivity index (χ4n) is 1.10. The molecule has 0 heterocycles. The Hall–Kier alpha value is -1.75. The summed E-state index contributed by atoms with van der Waals surface area (Å²) in [7, 11) is 1.44. The van der Waals surface area contributed by atoms with Crippen molar-refractivity contribution in [2.24, 2.45) is 0 Å². The molecule has 0 spiro atoms. The predicted octanol–water partition coefficient (Wildman–Crippen LogP) is 2.82. The third-order valence-corrected chi connectivity index (χ3v) is 2.07. The van der Waals surface area contributed by atoms with E-state index in [0.29, 0.717) is 5.75 Å². The van der Waals surface area contributed by atoms with Crippen LogP contribution in [0.1, 0.15) is 0 Å². The van der Waals surface area contributed by atoms with Crippen LogP contribution in [0.25, 0.3) is 0 Å². The van der Waals surface area contributed by atoms with Gasteiger partial charge in [-0.15, -0.1) is 0 Å². The highest BCUT2D eigenvalue weighted by molar-refractivity contribution is 6.33. The van der Waals surface area contributed by atoms with Gasteiger partial charge in [-0.3, -0.25) is 10.1 Å². The Balaban J connectivity index is 3.22. The van der Waals surface area contributed by atoms with Crippen molar-refractivity contribution in [2.45, 2.75) is 0 Å². The highest BCUT2D eigenvalue weighted by Crippen LogP contribution is 2.38. The Morgan fingerprint density at radius 1 is 1.62 bits per heavy atom. The molecule has 0 unspecified atom stereocenters. The second-order valence-corrected chi connectivity index (χ2v) is 3.22. The number of methoxy groups -OCH3 is 1. The molecule has 0 N–H and O–H groups in total. The number of hydrogen-bond donors (Lipinski definition) is 0. The summed E-state index contributed by atoms with van der Waals surface area (Å²) in [6.45, 7) is 3.61. The van der Waals surface area contributed by atoms with Crippen LogP contribution < -0.4 is 9.47 Å². The topological polar surface area (TPSA) is 61.6 Å². The summed E-state index contributed by atoms with van der Waals surface area (Å²) in [5.74, 6) is 0.462. The molecule has 0 atom stereocenters. The molecular formula is C10H10ClNO4. The molecule has 0 saturated carbocycles. The number of nitro benzene ring substituents is 1. The van der Waals surface area contributed by atoms with Crippen LogP contribution in [0.2, 0.25) is 5.02 Å². The zero-order chi connectivity index (χ0) is 12.1. The molecule has 0 radical (unpaired) electrons. The fourth-order valence-corrected chi connectivity index (χ4v) is 1.37. The molecule has 0 fully saturated rings. The highest BCUT2D eigenvalue weighted by atomic mass is 35.5. The third kappa shape index (κ3) is 2.64. The first-order chi connectivity index (χ1) is 7.60. The smallest absolute Gasteiger partial charge is 0.329 e. The van der Waals surface area contributed by atoms with Crippen molar-refractivity contribution in [3.05, 3.63) is 39.9 Å². The lowest BCUT2D eigenvalue weighted by Gasteiger charge is -2.07. The number of nitro groups is 1. The molecule has 1 aromatic rings. The van der Waals surface area contributed by atoms with E-state index in [1.807, 2.05) is 0 Å². The summed E-state index contributed by atoms with van der Waals surface area (Å²) in [5, 5.41) is 10.8. The largest absolute Gasteiger partial charge is 0.497 e. The molecule has 0 bridgehead atoms. The van der Waals surface area contributed by atoms with Crippen LogP contribution >= 0.6 is 11.6 Å². The second kappa shape index (κ2) is 5.37. The molecule has 1 aromatic carbocycles. The number of ether oxygens (including phenoxy) is 2. The van der Waals surface area contributed by atoms with Crippen molar-refractivity contribution in [3.8, 4) is 11.5 Å². The van der Waals surface area contributed by atoms with Gasteiger partial charge in [0.2, 0.25) is 5.75 Å². The van der Waals surface area contributed by atoms with Crippen LogP contribution in [0.4, 0.5) is 5.69 Å². The maximum Gasteiger partial charge on any atom is 0.329 e. The van der Waals surface area contributed by atoms with Gasteiger partial charge in [-0.1, -0.05) is 24.3 Å². The van der Waals surface area contributed by atoms with E-state index in [4.69, 9.17) is 21.1 Å². The standard InChI is InChI=1S/C10H10ClNO4/c1-3-4-16-9-6-7(15-2)5-8(11)10(9)12(13)14/h3,5-6H,1,4H2,2H3. The molecule has 1 rings (SSSR count). The summed E-state index contributed by atoms with van der Waals surface area (Å²) in [6.07, 6.45) is 1.48. The van der Waals surface area contributed by atoms with Crippen LogP contribution in [0.15, 0.2) is 24.8 Å². The van der Waals surface area contributed by atoms with Gasteiger partial charge >= 0.3 is 5.69 Å². The van der Waals surface area contributed by atoms with Gasteiger partial charge in [0.05, 0.1) is 12.0 Å². The monoisotopic (exact) mass is 243 g/mol. The molecule has 0 aliphatic carbocycles. The van der Waals surface area contributed by atoms with Gasteiger partial charge in [0.1, 0.15) is 17.4 Å². The lowest BCUT2D eigenvalue weighted by Crippen LogP contribution is -1.99. The predicted molar refractivity (Wildman–Crippen MR) is 60.4 cm³/mol. The van der Waals surface area contributed by atoms with Crippen LogP contribution in [0.3, 0.4) is 0 Å². The molecular weight excluding hydrogens is 234 g/mol. The Labute approximate surface area is 97.4 Å². The molecule has 0 aromatic heterocycles. The minimum atomic E-state index is -0.597. The SMILES string of the molecule is C=CCOc1cc(OC)cc(Cl)c1[N+](=O)[O-]. The van der Waals surface area contributed by atoms with Crippen molar-refractivity contribution in [3.63, 3.8) is 0 Å². The average Bonchev–Trinajstić information content (AvgIpc) is 2.24. The van der Waals surface area contributed by atoms with Crippen LogP contribution in [0.5, 0.6) is 11.5 Å². The van der Waals surface area contributed by atoms with E-state index in [1.54, 1.807) is 0 Å². The molecule has 0 saturated heterocycles. The van der Waals surface area contributed by atoms with E-state index in [2.05, 4.69) is 6.58 Å². The van der Waals surface area contributed by atoms with Crippen LogP contribution in [-0.2, 0) is 0 Å². The number of halogens is 1. The van der Waals surface area contributed by atoms with E-state index >= 15 is 0 Å². The zero-order valence-corrected chi connectivity index (χ0v) is 9.36. The quantitative estimate of drug-likeness (QED) is 0.453. The van der Waals surface area contributed by atoms with E-state index in [0.717, 1.165) is 0 Å². The lowest BCUT2D eigenvalue weighted by atomic mass is 10.2. The Bertz CT molecular complexity index is 420. The first-order valence-electron chi connectivity index (χ1n) is 4.35. The van der Waals surface area contributed by atoms with Crippen molar-refractivity contribution < 1.29 is 14.4 Å². The first kappa shape index (κ1) is 12.3. The summed E-state index contributed by atoms with van der Waals surface area (Å²) in [6, 6.07) is 2.77. The van der Waals surface area contributed by atoms with Crippen molar-refractivity contribution >= 4 is 17.3 Å². The Kier molecular flexibility index (Phi) is 4.13. The van der Waals surface area contributed by atoms with E-state index in [9.17, 15) is 10.1 Å². The minimum absolute atomic E-state index is 0.0246. The van der Waals surface area contributed by atoms with Gasteiger partial charge in [-0.25, -0.2) is 0 Å². The maximum absolute atomic E-state index is 10.8. The number of hydrogen-bond acceptors (Lipinski definition) is 4. The van der Waals surface area contributed by atoms with E-state index < -0.39 is 4.92 Å². The Morgan fingerprint density at radius 3 is 2.81 bits per heavy atom. The zero-order valence-electron chi connectivity index (χ0n) is 8.60. The fraction of sp³-hybridized carbons (Fsp3) is 0.200. The number of rotatable bonds is 5. The van der Waals surface area contributed by atoms with Gasteiger partial charge in [-0.05, 0) is 0 Å². The Morgan fingerprint density at radius 2 is 2.31 bits per heavy atom. The second-order valence-electron chi connectivity index (χ2n) is 2.81. The van der Waals surface area contributed by atoms with Crippen LogP contribution in [0, 0.1) is 10.1 Å². The van der Waals surface area contributed by atoms with E-state index in [-0.39, 0.29) is 23.1 Å². The lowest BCUT2D eigenvalue weighted by molar-refractivity contribution is -0.385. The van der Waals surface area contributed by atoms with Crippen molar-refractivity contribution in [1.29, 1.82) is 0 Å². The molecule has 16 heavy (non-hydrogen) atoms. The molecule has 5 nitrogen and oxygen atoms in total. The van der Waals surface area contributed by atoms with Crippen LogP contribution in [-0.4, -0.2) is 18.6 Å². The average molecular weight is 244 g/mol. The van der Waals surface area contributed by atoms with Gasteiger partial charge in [-0.2, -0.15) is 0 Å². The number of benzene rings is 1. The molecule has 86 valence electrons. The molecule has 0 amide bonds. The van der Waals surface area contributed by atoms with Gasteiger partial charge in [0.25, 0.3) is 0 Å². The van der Waals surface area contributed by atoms with Gasteiger partial charge < -0.3 is 9.47 Å². The van der Waals surface area contributed by atoms with Crippen molar-refractivity contribution in [2.75, 3.05) is 13.7 Å². The maximum atomic E-state index is 10.8. The minimum Gasteiger partial charge on any atom is -0.497 e. The third-order valence-electron chi connectivity index (χ3n) is 1.78. The summed E-state index contributed by atoms with van der Waals surface area (Å²) >= 11 is 5.76. The summed E-state index contributed by atoms with van der Waals surface area (Å²) in [4.78, 5) is 10.2. The highest BCUT2D eigenvalue weighted by Gasteiger charge is 2.21. The molecule has 6 heteroatoms. The molecule has 0 aliphatic rings. The number of nitrogens with zero attached hydrogens (tertiary/aromatic N) is 1. The van der Waals surface area contributed by atoms with Gasteiger partial charge in [0.15, 0.2) is 0 Å².